The summed E-state index contributed by atoms with van der Waals surface area (Å²) in [5, 5.41) is 0. The van der Waals surface area contributed by atoms with E-state index in [9.17, 15) is 13.2 Å². The number of nitrogens with one attached hydrogen (secondary N) is 1. The molecule has 2 rings (SSSR count). The van der Waals surface area contributed by atoms with Gasteiger partial charge in [0.1, 0.15) is 0 Å². The molecule has 0 saturated carbocycles. The molecule has 1 unspecified atom stereocenters. The van der Waals surface area contributed by atoms with E-state index in [0.717, 1.165) is 17.0 Å². The van der Waals surface area contributed by atoms with E-state index in [1.807, 2.05) is 0 Å². The van der Waals surface area contributed by atoms with Crippen molar-refractivity contribution < 1.29 is 13.2 Å². The van der Waals surface area contributed by atoms with Crippen molar-refractivity contribution in [2.45, 2.75) is 12.2 Å². The fourth-order valence-electron chi connectivity index (χ4n) is 1.58. The highest BCUT2D eigenvalue weighted by molar-refractivity contribution is 7.09. The Balaban J connectivity index is 2.28. The number of aromatic nitrogens is 1. The molecule has 7 heteroatoms. The number of hydrazine groups is 1. The molecular formula is C11H10F3N3S. The third kappa shape index (κ3) is 2.69. The number of nitrogens with two attached hydrogens (primary N) is 1. The molecule has 0 fully saturated rings. The maximum atomic E-state index is 12.4. The standard InChI is InChI=1S/C11H10F3N3S/c12-11(13,14)8-3-1-7(2-4-8)10(17-15)9-5-16-6-18-9/h1-6,10,17H,15H2. The molecule has 1 heterocycles. The van der Waals surface area contributed by atoms with Gasteiger partial charge in [-0.15, -0.1) is 11.3 Å². The lowest BCUT2D eigenvalue weighted by atomic mass is 10.0. The van der Waals surface area contributed by atoms with Crippen LogP contribution in [0.5, 0.6) is 0 Å². The summed E-state index contributed by atoms with van der Waals surface area (Å²) in [6.45, 7) is 0. The summed E-state index contributed by atoms with van der Waals surface area (Å²) in [6, 6.07) is 4.56. The van der Waals surface area contributed by atoms with Gasteiger partial charge in [-0.2, -0.15) is 13.2 Å². The summed E-state index contributed by atoms with van der Waals surface area (Å²) in [6.07, 6.45) is -2.69. The molecule has 1 atom stereocenters. The van der Waals surface area contributed by atoms with Crippen LogP contribution in [0.25, 0.3) is 0 Å². The van der Waals surface area contributed by atoms with Crippen LogP contribution in [0.1, 0.15) is 22.0 Å². The number of alkyl halides is 3. The van der Waals surface area contributed by atoms with E-state index in [0.29, 0.717) is 5.56 Å². The molecule has 96 valence electrons. The van der Waals surface area contributed by atoms with Crippen molar-refractivity contribution in [3.8, 4) is 0 Å². The number of rotatable bonds is 3. The quantitative estimate of drug-likeness (QED) is 0.668. The molecule has 0 amide bonds. The van der Waals surface area contributed by atoms with Crippen molar-refractivity contribution in [3.63, 3.8) is 0 Å². The maximum Gasteiger partial charge on any atom is 0.416 e. The topological polar surface area (TPSA) is 50.9 Å². The van der Waals surface area contributed by atoms with Crippen molar-refractivity contribution in [3.05, 3.63) is 52.0 Å². The molecule has 18 heavy (non-hydrogen) atoms. The Kier molecular flexibility index (Phi) is 3.65. The van der Waals surface area contributed by atoms with Gasteiger partial charge in [-0.05, 0) is 17.7 Å². The zero-order valence-corrected chi connectivity index (χ0v) is 9.92. The van der Waals surface area contributed by atoms with E-state index < -0.39 is 11.7 Å². The van der Waals surface area contributed by atoms with Gasteiger partial charge in [0.15, 0.2) is 0 Å². The Morgan fingerprint density at radius 1 is 1.22 bits per heavy atom. The molecule has 0 aliphatic carbocycles. The van der Waals surface area contributed by atoms with Crippen molar-refractivity contribution in [2.75, 3.05) is 0 Å². The van der Waals surface area contributed by atoms with Crippen LogP contribution in [0.3, 0.4) is 0 Å². The van der Waals surface area contributed by atoms with Crippen molar-refractivity contribution >= 4 is 11.3 Å². The Bertz CT molecular complexity index is 493. The lowest BCUT2D eigenvalue weighted by molar-refractivity contribution is -0.137. The van der Waals surface area contributed by atoms with Crippen LogP contribution in [0.2, 0.25) is 0 Å². The molecule has 0 aliphatic rings. The normalized spacial score (nSPS) is 13.6. The minimum absolute atomic E-state index is 0.347. The van der Waals surface area contributed by atoms with E-state index in [-0.39, 0.29) is 6.04 Å². The van der Waals surface area contributed by atoms with E-state index in [2.05, 4.69) is 10.4 Å². The second-order valence-corrected chi connectivity index (χ2v) is 4.54. The molecular weight excluding hydrogens is 263 g/mol. The van der Waals surface area contributed by atoms with Gasteiger partial charge in [-0.3, -0.25) is 10.8 Å². The molecule has 1 aromatic heterocycles. The molecule has 0 aliphatic heterocycles. The lowest BCUT2D eigenvalue weighted by Crippen LogP contribution is -2.28. The summed E-state index contributed by atoms with van der Waals surface area (Å²) in [5.74, 6) is 5.43. The van der Waals surface area contributed by atoms with Crippen LogP contribution in [0.15, 0.2) is 36.0 Å². The van der Waals surface area contributed by atoms with Gasteiger partial charge in [0.05, 0.1) is 17.1 Å². The zero-order valence-electron chi connectivity index (χ0n) is 9.11. The van der Waals surface area contributed by atoms with E-state index in [1.54, 1.807) is 11.7 Å². The largest absolute Gasteiger partial charge is 0.416 e. The average molecular weight is 273 g/mol. The predicted molar refractivity (Wildman–Crippen MR) is 62.7 cm³/mol. The fraction of sp³-hybridized carbons (Fsp3) is 0.182. The Morgan fingerprint density at radius 3 is 2.33 bits per heavy atom. The molecule has 1 aromatic carbocycles. The van der Waals surface area contributed by atoms with E-state index in [4.69, 9.17) is 5.84 Å². The first kappa shape index (κ1) is 13.0. The van der Waals surface area contributed by atoms with Crippen molar-refractivity contribution in [1.82, 2.24) is 10.4 Å². The van der Waals surface area contributed by atoms with Gasteiger partial charge in [0.2, 0.25) is 0 Å². The van der Waals surface area contributed by atoms with Crippen molar-refractivity contribution in [1.29, 1.82) is 0 Å². The minimum atomic E-state index is -4.32. The number of hydrogen-bond acceptors (Lipinski definition) is 4. The first-order chi connectivity index (χ1) is 8.52. The van der Waals surface area contributed by atoms with Gasteiger partial charge < -0.3 is 0 Å². The van der Waals surface area contributed by atoms with Crippen LogP contribution in [-0.4, -0.2) is 4.98 Å². The average Bonchev–Trinajstić information content (AvgIpc) is 2.83. The highest BCUT2D eigenvalue weighted by atomic mass is 32.1. The third-order valence-corrected chi connectivity index (χ3v) is 3.31. The number of halogens is 3. The first-order valence-electron chi connectivity index (χ1n) is 5.04. The van der Waals surface area contributed by atoms with Gasteiger partial charge in [0.25, 0.3) is 0 Å². The van der Waals surface area contributed by atoms with E-state index in [1.165, 1.54) is 23.5 Å². The first-order valence-corrected chi connectivity index (χ1v) is 5.92. The van der Waals surface area contributed by atoms with Crippen LogP contribution in [-0.2, 0) is 6.18 Å². The highest BCUT2D eigenvalue weighted by Crippen LogP contribution is 2.31. The van der Waals surface area contributed by atoms with Crippen LogP contribution < -0.4 is 11.3 Å². The molecule has 0 spiro atoms. The molecule has 2 aromatic rings. The molecule has 3 nitrogen and oxygen atoms in total. The van der Waals surface area contributed by atoms with Gasteiger partial charge >= 0.3 is 6.18 Å². The number of thiazole rings is 1. The monoisotopic (exact) mass is 273 g/mol. The van der Waals surface area contributed by atoms with Gasteiger partial charge in [-0.1, -0.05) is 12.1 Å². The van der Waals surface area contributed by atoms with Gasteiger partial charge in [-0.25, -0.2) is 5.43 Å². The maximum absolute atomic E-state index is 12.4. The Labute approximate surface area is 105 Å². The SMILES string of the molecule is NNC(c1ccc(C(F)(F)F)cc1)c1cncs1. The summed E-state index contributed by atoms with van der Waals surface area (Å²) < 4.78 is 37.3. The summed E-state index contributed by atoms with van der Waals surface area (Å²) in [4.78, 5) is 4.76. The zero-order chi connectivity index (χ0) is 13.2. The third-order valence-electron chi connectivity index (χ3n) is 2.47. The second-order valence-electron chi connectivity index (χ2n) is 3.62. The summed E-state index contributed by atoms with van der Waals surface area (Å²) >= 11 is 1.38. The molecule has 0 saturated heterocycles. The van der Waals surface area contributed by atoms with Gasteiger partial charge in [0, 0.05) is 11.1 Å². The van der Waals surface area contributed by atoms with Crippen LogP contribution in [0.4, 0.5) is 13.2 Å². The Hall–Kier alpha value is -1.44. The lowest BCUT2D eigenvalue weighted by Gasteiger charge is -2.15. The van der Waals surface area contributed by atoms with Crippen molar-refractivity contribution in [2.24, 2.45) is 5.84 Å². The van der Waals surface area contributed by atoms with Crippen LogP contribution >= 0.6 is 11.3 Å². The highest BCUT2D eigenvalue weighted by Gasteiger charge is 2.30. The minimum Gasteiger partial charge on any atom is -0.271 e. The Morgan fingerprint density at radius 2 is 1.89 bits per heavy atom. The summed E-state index contributed by atoms with van der Waals surface area (Å²) in [5.41, 5.74) is 4.20. The number of hydrogen-bond donors (Lipinski definition) is 2. The van der Waals surface area contributed by atoms with Crippen LogP contribution in [0, 0.1) is 0 Å². The molecule has 0 radical (unpaired) electrons. The van der Waals surface area contributed by atoms with E-state index >= 15 is 0 Å². The molecule has 3 N–H and O–H groups in total. The number of benzene rings is 1. The molecule has 0 bridgehead atoms. The predicted octanol–water partition coefficient (Wildman–Crippen LogP) is 2.71. The number of nitrogens with zero attached hydrogens (tertiary/aromatic N) is 1. The fourth-order valence-corrected chi connectivity index (χ4v) is 2.28. The smallest absolute Gasteiger partial charge is 0.271 e. The second kappa shape index (κ2) is 5.05. The summed E-state index contributed by atoms with van der Waals surface area (Å²) in [7, 11) is 0.